The number of carbonyl (C=O) groups excluding carboxylic acids is 1. The summed E-state index contributed by atoms with van der Waals surface area (Å²) < 4.78 is 0. The third-order valence-corrected chi connectivity index (χ3v) is 4.30. The Bertz CT molecular complexity index is 234. The minimum absolute atomic E-state index is 0.0160. The highest BCUT2D eigenvalue weighted by Crippen LogP contribution is 2.36. The molecule has 1 aliphatic rings. The maximum Gasteiger partial charge on any atom is 0.312 e. The first kappa shape index (κ1) is 14.3. The average molecular weight is 240 g/mol. The average Bonchev–Trinajstić information content (AvgIpc) is 2.29. The second-order valence-electron chi connectivity index (χ2n) is 5.60. The molecule has 1 aliphatic carbocycles. The number of amides is 2. The Balaban J connectivity index is 2.57. The van der Waals surface area contributed by atoms with Crippen LogP contribution < -0.4 is 11.1 Å². The molecular formula is C14H28N2O. The topological polar surface area (TPSA) is 55.1 Å². The summed E-state index contributed by atoms with van der Waals surface area (Å²) in [7, 11) is 0. The Kier molecular flexibility index (Phi) is 5.79. The fraction of sp³-hybridized carbons (Fsp3) is 0.929. The second-order valence-corrected chi connectivity index (χ2v) is 5.60. The van der Waals surface area contributed by atoms with Crippen LogP contribution in [0.3, 0.4) is 0 Å². The molecule has 3 N–H and O–H groups in total. The van der Waals surface area contributed by atoms with Gasteiger partial charge in [-0.15, -0.1) is 0 Å². The Hall–Kier alpha value is -0.730. The van der Waals surface area contributed by atoms with Crippen LogP contribution in [0.4, 0.5) is 4.79 Å². The molecule has 1 saturated carbocycles. The highest BCUT2D eigenvalue weighted by atomic mass is 16.2. The van der Waals surface area contributed by atoms with Crippen molar-refractivity contribution < 1.29 is 4.79 Å². The van der Waals surface area contributed by atoms with Crippen molar-refractivity contribution in [2.75, 3.05) is 0 Å². The molecule has 0 heterocycles. The van der Waals surface area contributed by atoms with Crippen molar-refractivity contribution in [3.05, 3.63) is 0 Å². The van der Waals surface area contributed by atoms with Gasteiger partial charge in [-0.2, -0.15) is 0 Å². The summed E-state index contributed by atoms with van der Waals surface area (Å²) in [5, 5.41) is 3.06. The highest BCUT2D eigenvalue weighted by molar-refractivity contribution is 5.72. The third kappa shape index (κ3) is 4.21. The minimum atomic E-state index is -0.353. The van der Waals surface area contributed by atoms with Crippen LogP contribution in [0.5, 0.6) is 0 Å². The number of unbranched alkanes of at least 4 members (excludes halogenated alkanes) is 2. The molecule has 0 aromatic rings. The highest BCUT2D eigenvalue weighted by Gasteiger charge is 2.37. The Morgan fingerprint density at radius 2 is 1.94 bits per heavy atom. The molecule has 3 heteroatoms. The van der Waals surface area contributed by atoms with Crippen LogP contribution >= 0.6 is 0 Å². The molecule has 1 atom stereocenters. The normalized spacial score (nSPS) is 20.8. The Labute approximate surface area is 106 Å². The predicted octanol–water partition coefficient (Wildman–Crippen LogP) is 3.57. The van der Waals surface area contributed by atoms with E-state index in [1.54, 1.807) is 0 Å². The zero-order valence-corrected chi connectivity index (χ0v) is 11.4. The molecule has 0 aromatic carbocycles. The SMILES string of the molecule is CCCCC[C@H](C)C1(NC(N)=O)CCCCC1. The van der Waals surface area contributed by atoms with Gasteiger partial charge in [0.15, 0.2) is 0 Å². The second kappa shape index (κ2) is 6.87. The third-order valence-electron chi connectivity index (χ3n) is 4.30. The van der Waals surface area contributed by atoms with Crippen LogP contribution in [-0.4, -0.2) is 11.6 Å². The van der Waals surface area contributed by atoms with E-state index in [1.807, 2.05) is 0 Å². The summed E-state index contributed by atoms with van der Waals surface area (Å²) in [6.45, 7) is 4.50. The molecule has 0 bridgehead atoms. The maximum absolute atomic E-state index is 11.2. The summed E-state index contributed by atoms with van der Waals surface area (Å²) in [4.78, 5) is 11.2. The van der Waals surface area contributed by atoms with Gasteiger partial charge in [0.25, 0.3) is 0 Å². The van der Waals surface area contributed by atoms with E-state index in [9.17, 15) is 4.79 Å². The number of rotatable bonds is 6. The summed E-state index contributed by atoms with van der Waals surface area (Å²) in [6, 6.07) is -0.353. The minimum Gasteiger partial charge on any atom is -0.352 e. The lowest BCUT2D eigenvalue weighted by Gasteiger charge is -2.42. The van der Waals surface area contributed by atoms with Gasteiger partial charge < -0.3 is 11.1 Å². The standard InChI is InChI=1S/C14H28N2O/c1-3-4-6-9-12(2)14(16-13(15)17)10-7-5-8-11-14/h12H,3-11H2,1-2H3,(H3,15,16,17)/t12-/m0/s1. The van der Waals surface area contributed by atoms with Crippen molar-refractivity contribution in [1.29, 1.82) is 0 Å². The van der Waals surface area contributed by atoms with Gasteiger partial charge in [-0.3, -0.25) is 0 Å². The van der Waals surface area contributed by atoms with Crippen LogP contribution in [0, 0.1) is 5.92 Å². The Morgan fingerprint density at radius 1 is 1.29 bits per heavy atom. The van der Waals surface area contributed by atoms with Crippen molar-refractivity contribution in [3.63, 3.8) is 0 Å². The zero-order valence-electron chi connectivity index (χ0n) is 11.4. The van der Waals surface area contributed by atoms with Crippen molar-refractivity contribution in [2.45, 2.75) is 77.2 Å². The quantitative estimate of drug-likeness (QED) is 0.685. The predicted molar refractivity (Wildman–Crippen MR) is 71.8 cm³/mol. The van der Waals surface area contributed by atoms with E-state index in [1.165, 1.54) is 44.9 Å². The molecule has 3 nitrogen and oxygen atoms in total. The monoisotopic (exact) mass is 240 g/mol. The smallest absolute Gasteiger partial charge is 0.312 e. The lowest BCUT2D eigenvalue weighted by atomic mass is 9.71. The summed E-state index contributed by atoms with van der Waals surface area (Å²) >= 11 is 0. The van der Waals surface area contributed by atoms with Crippen LogP contribution in [0.25, 0.3) is 0 Å². The van der Waals surface area contributed by atoms with Crippen LogP contribution in [0.1, 0.15) is 71.6 Å². The van der Waals surface area contributed by atoms with Gasteiger partial charge in [-0.25, -0.2) is 4.79 Å². The molecule has 100 valence electrons. The number of hydrogen-bond donors (Lipinski definition) is 2. The van der Waals surface area contributed by atoms with Gasteiger partial charge in [0.2, 0.25) is 0 Å². The van der Waals surface area contributed by atoms with E-state index in [-0.39, 0.29) is 11.6 Å². The fourth-order valence-corrected chi connectivity index (χ4v) is 3.15. The Morgan fingerprint density at radius 3 is 2.47 bits per heavy atom. The first-order valence-electron chi connectivity index (χ1n) is 7.18. The molecule has 0 spiro atoms. The molecule has 0 aromatic heterocycles. The van der Waals surface area contributed by atoms with E-state index < -0.39 is 0 Å². The van der Waals surface area contributed by atoms with Gasteiger partial charge in [0.1, 0.15) is 0 Å². The number of urea groups is 1. The molecular weight excluding hydrogens is 212 g/mol. The van der Waals surface area contributed by atoms with E-state index in [2.05, 4.69) is 19.2 Å². The van der Waals surface area contributed by atoms with Gasteiger partial charge in [0, 0.05) is 5.54 Å². The zero-order chi connectivity index (χ0) is 12.7. The fourth-order valence-electron chi connectivity index (χ4n) is 3.15. The molecule has 17 heavy (non-hydrogen) atoms. The summed E-state index contributed by atoms with van der Waals surface area (Å²) in [5.74, 6) is 0.543. The molecule has 1 rings (SSSR count). The lowest BCUT2D eigenvalue weighted by Crippen LogP contribution is -2.55. The molecule has 2 amide bonds. The van der Waals surface area contributed by atoms with Crippen molar-refractivity contribution >= 4 is 6.03 Å². The molecule has 0 aliphatic heterocycles. The number of primary amides is 1. The van der Waals surface area contributed by atoms with Crippen molar-refractivity contribution in [2.24, 2.45) is 11.7 Å². The van der Waals surface area contributed by atoms with Gasteiger partial charge in [-0.05, 0) is 25.2 Å². The van der Waals surface area contributed by atoms with E-state index in [0.717, 1.165) is 12.8 Å². The number of carbonyl (C=O) groups is 1. The number of nitrogens with two attached hydrogens (primary N) is 1. The van der Waals surface area contributed by atoms with E-state index in [0.29, 0.717) is 5.92 Å². The van der Waals surface area contributed by atoms with Crippen molar-refractivity contribution in [1.82, 2.24) is 5.32 Å². The van der Waals surface area contributed by atoms with E-state index in [4.69, 9.17) is 5.73 Å². The van der Waals surface area contributed by atoms with Gasteiger partial charge in [-0.1, -0.05) is 52.4 Å². The first-order chi connectivity index (χ1) is 8.10. The van der Waals surface area contributed by atoms with E-state index >= 15 is 0 Å². The molecule has 0 saturated heterocycles. The van der Waals surface area contributed by atoms with Crippen molar-refractivity contribution in [3.8, 4) is 0 Å². The van der Waals surface area contributed by atoms with Gasteiger partial charge in [0.05, 0.1) is 0 Å². The first-order valence-corrected chi connectivity index (χ1v) is 7.18. The summed E-state index contributed by atoms with van der Waals surface area (Å²) in [5.41, 5.74) is 5.34. The number of nitrogens with one attached hydrogen (secondary N) is 1. The van der Waals surface area contributed by atoms with Gasteiger partial charge >= 0.3 is 6.03 Å². The maximum atomic E-state index is 11.2. The summed E-state index contributed by atoms with van der Waals surface area (Å²) in [6.07, 6.45) is 10.9. The molecule has 1 fully saturated rings. The number of hydrogen-bond acceptors (Lipinski definition) is 1. The molecule has 0 radical (unpaired) electrons. The van der Waals surface area contributed by atoms with Crippen LogP contribution in [0.2, 0.25) is 0 Å². The van der Waals surface area contributed by atoms with Crippen LogP contribution in [0.15, 0.2) is 0 Å². The largest absolute Gasteiger partial charge is 0.352 e. The van der Waals surface area contributed by atoms with Crippen LogP contribution in [-0.2, 0) is 0 Å². The molecule has 0 unspecified atom stereocenters. The lowest BCUT2D eigenvalue weighted by molar-refractivity contribution is 0.151.